The summed E-state index contributed by atoms with van der Waals surface area (Å²) in [7, 11) is 0. The van der Waals surface area contributed by atoms with Crippen molar-refractivity contribution < 1.29 is 14.7 Å². The molecule has 3 aromatic carbocycles. The molecule has 174 valence electrons. The zero-order chi connectivity index (χ0) is 23.9. The summed E-state index contributed by atoms with van der Waals surface area (Å²) in [6, 6.07) is 19.6. The van der Waals surface area contributed by atoms with Crippen LogP contribution in [0, 0.1) is 4.91 Å². The molecule has 0 aromatic heterocycles. The molecule has 0 spiro atoms. The van der Waals surface area contributed by atoms with Gasteiger partial charge in [0.2, 0.25) is 0 Å². The lowest BCUT2D eigenvalue weighted by molar-refractivity contribution is 0.0696. The number of carboxylic acids is 1. The quantitative estimate of drug-likeness (QED) is 0.416. The molecule has 1 heterocycles. The summed E-state index contributed by atoms with van der Waals surface area (Å²) in [6.45, 7) is 1.88. The van der Waals surface area contributed by atoms with Crippen molar-refractivity contribution in [2.24, 2.45) is 5.18 Å². The largest absolute Gasteiger partial charge is 0.478 e. The molecule has 1 amide bonds. The number of amides is 1. The molecule has 0 aliphatic carbocycles. The first-order valence-electron chi connectivity index (χ1n) is 11.5. The first-order valence-corrected chi connectivity index (χ1v) is 11.5. The average Bonchev–Trinajstić information content (AvgIpc) is 2.88. The molecule has 2 N–H and O–H groups in total. The maximum absolute atomic E-state index is 13.0. The van der Waals surface area contributed by atoms with Gasteiger partial charge < -0.3 is 15.3 Å². The number of aryl methyl sites for hydroxylation is 2. The van der Waals surface area contributed by atoms with Crippen molar-refractivity contribution in [3.05, 3.63) is 93.9 Å². The number of nitrogens with one attached hydrogen (secondary N) is 1. The lowest BCUT2D eigenvalue weighted by Gasteiger charge is -2.29. The predicted molar refractivity (Wildman–Crippen MR) is 133 cm³/mol. The van der Waals surface area contributed by atoms with Crippen LogP contribution >= 0.6 is 0 Å². The molecule has 0 saturated carbocycles. The third-order valence-electron chi connectivity index (χ3n) is 6.13. The van der Waals surface area contributed by atoms with Gasteiger partial charge in [-0.1, -0.05) is 24.3 Å². The number of hydrogen-bond acceptors (Lipinski definition) is 5. The van der Waals surface area contributed by atoms with E-state index in [0.29, 0.717) is 5.69 Å². The minimum absolute atomic E-state index is 0.124. The summed E-state index contributed by atoms with van der Waals surface area (Å²) < 4.78 is 0. The molecule has 0 atom stereocenters. The standard InChI is InChI=1S/C27H27N3O4/c31-26(24-18-23(13-14-25(24)29-34)30-15-2-1-3-16-30)28-22-6-4-5-20(17-22)8-7-19-9-11-21(12-10-19)27(32)33/h4-6,9-14,17-18H,1-3,7-8,15-16H2,(H,28,31)(H,32,33). The molecule has 7 nitrogen and oxygen atoms in total. The smallest absolute Gasteiger partial charge is 0.335 e. The minimum Gasteiger partial charge on any atom is -0.478 e. The number of hydrogen-bond donors (Lipinski definition) is 2. The number of anilines is 2. The van der Waals surface area contributed by atoms with Crippen LogP contribution in [0.5, 0.6) is 0 Å². The highest BCUT2D eigenvalue weighted by Crippen LogP contribution is 2.28. The second-order valence-corrected chi connectivity index (χ2v) is 8.50. The Morgan fingerprint density at radius 3 is 2.32 bits per heavy atom. The van der Waals surface area contributed by atoms with Crippen LogP contribution in [0.3, 0.4) is 0 Å². The molecule has 1 aliphatic heterocycles. The normalized spacial score (nSPS) is 13.4. The van der Waals surface area contributed by atoms with Crippen molar-refractivity contribution >= 4 is 28.9 Å². The Labute approximate surface area is 198 Å². The van der Waals surface area contributed by atoms with Gasteiger partial charge in [-0.2, -0.15) is 0 Å². The van der Waals surface area contributed by atoms with Crippen molar-refractivity contribution in [1.29, 1.82) is 0 Å². The van der Waals surface area contributed by atoms with Crippen molar-refractivity contribution in [3.8, 4) is 0 Å². The summed E-state index contributed by atoms with van der Waals surface area (Å²) in [6.07, 6.45) is 4.93. The lowest BCUT2D eigenvalue weighted by atomic mass is 10.0. The molecule has 4 rings (SSSR count). The molecular weight excluding hydrogens is 430 g/mol. The minimum atomic E-state index is -0.940. The fourth-order valence-electron chi connectivity index (χ4n) is 4.24. The molecule has 1 aliphatic rings. The Hall–Kier alpha value is -4.00. The highest BCUT2D eigenvalue weighted by Gasteiger charge is 2.17. The third kappa shape index (κ3) is 5.67. The number of carbonyl (C=O) groups is 2. The third-order valence-corrected chi connectivity index (χ3v) is 6.13. The summed E-state index contributed by atoms with van der Waals surface area (Å²) in [5.74, 6) is -1.31. The average molecular weight is 458 g/mol. The monoisotopic (exact) mass is 457 g/mol. The van der Waals surface area contributed by atoms with Gasteiger partial charge in [0.1, 0.15) is 5.69 Å². The van der Waals surface area contributed by atoms with Crippen LogP contribution in [0.4, 0.5) is 17.1 Å². The van der Waals surface area contributed by atoms with Gasteiger partial charge in [0.25, 0.3) is 5.91 Å². The van der Waals surface area contributed by atoms with Crippen molar-refractivity contribution in [3.63, 3.8) is 0 Å². The zero-order valence-corrected chi connectivity index (χ0v) is 18.9. The van der Waals surface area contributed by atoms with Crippen molar-refractivity contribution in [2.75, 3.05) is 23.3 Å². The van der Waals surface area contributed by atoms with E-state index in [1.165, 1.54) is 6.42 Å². The number of nitrogens with zero attached hydrogens (tertiary/aromatic N) is 2. The van der Waals surface area contributed by atoms with Crippen LogP contribution in [0.25, 0.3) is 0 Å². The van der Waals surface area contributed by atoms with Gasteiger partial charge in [0, 0.05) is 24.5 Å². The van der Waals surface area contributed by atoms with E-state index < -0.39 is 5.97 Å². The summed E-state index contributed by atoms with van der Waals surface area (Å²) in [5.41, 5.74) is 4.30. The Kier molecular flexibility index (Phi) is 7.32. The van der Waals surface area contributed by atoms with E-state index in [-0.39, 0.29) is 22.7 Å². The van der Waals surface area contributed by atoms with E-state index in [1.54, 1.807) is 24.3 Å². The van der Waals surface area contributed by atoms with Crippen molar-refractivity contribution in [1.82, 2.24) is 0 Å². The number of benzene rings is 3. The van der Waals surface area contributed by atoms with Crippen LogP contribution in [0.1, 0.15) is 51.1 Å². The van der Waals surface area contributed by atoms with E-state index in [1.807, 2.05) is 42.5 Å². The number of aromatic carboxylic acids is 1. The maximum Gasteiger partial charge on any atom is 0.335 e. The Morgan fingerprint density at radius 1 is 0.882 bits per heavy atom. The van der Waals surface area contributed by atoms with Gasteiger partial charge >= 0.3 is 5.97 Å². The van der Waals surface area contributed by atoms with Gasteiger partial charge in [-0.3, -0.25) is 4.79 Å². The number of nitroso groups, excluding NO2 is 1. The molecule has 3 aromatic rings. The highest BCUT2D eigenvalue weighted by atomic mass is 16.4. The fraction of sp³-hybridized carbons (Fsp3) is 0.259. The van der Waals surface area contributed by atoms with Crippen LogP contribution in [0.15, 0.2) is 71.9 Å². The van der Waals surface area contributed by atoms with E-state index >= 15 is 0 Å². The summed E-state index contributed by atoms with van der Waals surface area (Å²) in [5, 5.41) is 15.0. The molecule has 1 saturated heterocycles. The van der Waals surface area contributed by atoms with E-state index in [4.69, 9.17) is 5.11 Å². The molecule has 1 fully saturated rings. The summed E-state index contributed by atoms with van der Waals surface area (Å²) >= 11 is 0. The van der Waals surface area contributed by atoms with Gasteiger partial charge in [0.15, 0.2) is 0 Å². The van der Waals surface area contributed by atoms with Crippen molar-refractivity contribution in [2.45, 2.75) is 32.1 Å². The maximum atomic E-state index is 13.0. The van der Waals surface area contributed by atoms with Gasteiger partial charge in [-0.05, 0) is 90.9 Å². The highest BCUT2D eigenvalue weighted by molar-refractivity contribution is 6.08. The van der Waals surface area contributed by atoms with Gasteiger partial charge in [0.05, 0.1) is 11.1 Å². The molecule has 34 heavy (non-hydrogen) atoms. The topological polar surface area (TPSA) is 99.1 Å². The Bertz CT molecular complexity index is 1180. The summed E-state index contributed by atoms with van der Waals surface area (Å²) in [4.78, 5) is 37.6. The second-order valence-electron chi connectivity index (χ2n) is 8.50. The first kappa shape index (κ1) is 23.2. The van der Waals surface area contributed by atoms with Gasteiger partial charge in [-0.15, -0.1) is 4.91 Å². The van der Waals surface area contributed by atoms with Gasteiger partial charge in [-0.25, -0.2) is 4.79 Å². The van der Waals surface area contributed by atoms with Crippen LogP contribution in [-0.4, -0.2) is 30.1 Å². The zero-order valence-electron chi connectivity index (χ0n) is 18.9. The molecule has 7 heteroatoms. The van der Waals surface area contributed by atoms with E-state index in [2.05, 4.69) is 15.4 Å². The SMILES string of the molecule is O=Nc1ccc(N2CCCCC2)cc1C(=O)Nc1cccc(CCc2ccc(C(=O)O)cc2)c1. The number of piperidine rings is 1. The predicted octanol–water partition coefficient (Wildman–Crippen LogP) is 5.81. The molecule has 0 bridgehead atoms. The molecule has 0 radical (unpaired) electrons. The number of carboxylic acid groups (broad SMARTS) is 1. The van der Waals surface area contributed by atoms with E-state index in [9.17, 15) is 14.5 Å². The Balaban J connectivity index is 1.44. The van der Waals surface area contributed by atoms with E-state index in [0.717, 1.165) is 55.6 Å². The molecule has 0 unspecified atom stereocenters. The van der Waals surface area contributed by atoms with Crippen LogP contribution in [-0.2, 0) is 12.8 Å². The number of carbonyl (C=O) groups excluding carboxylic acids is 1. The van der Waals surface area contributed by atoms with Crippen LogP contribution < -0.4 is 10.2 Å². The van der Waals surface area contributed by atoms with Crippen LogP contribution in [0.2, 0.25) is 0 Å². The fourth-order valence-corrected chi connectivity index (χ4v) is 4.24. The Morgan fingerprint density at radius 2 is 1.62 bits per heavy atom. The second kappa shape index (κ2) is 10.7. The molecular formula is C27H27N3O4. The lowest BCUT2D eigenvalue weighted by Crippen LogP contribution is -2.29. The number of rotatable bonds is 8. The first-order chi connectivity index (χ1) is 16.5.